The van der Waals surface area contributed by atoms with E-state index in [1.807, 2.05) is 0 Å². The minimum atomic E-state index is 0.431. The van der Waals surface area contributed by atoms with Crippen LogP contribution in [-0.2, 0) is 0 Å². The Balaban J connectivity index is 2.04. The van der Waals surface area contributed by atoms with E-state index in [4.69, 9.17) is 0 Å². The minimum absolute atomic E-state index is 0.431. The summed E-state index contributed by atoms with van der Waals surface area (Å²) in [7, 11) is 0. The molecule has 1 fully saturated rings. The van der Waals surface area contributed by atoms with Crippen LogP contribution in [-0.4, -0.2) is 36.1 Å². The molecule has 3 rings (SSSR count). The smallest absolute Gasteiger partial charge is 0.0459 e. The summed E-state index contributed by atoms with van der Waals surface area (Å²) in [5, 5.41) is 4.81. The van der Waals surface area contributed by atoms with Crippen molar-refractivity contribution < 1.29 is 0 Å². The van der Waals surface area contributed by atoms with Crippen LogP contribution in [0.3, 0.4) is 0 Å². The van der Waals surface area contributed by atoms with Gasteiger partial charge in [-0.25, -0.2) is 0 Å². The minimum Gasteiger partial charge on any atom is -0.358 e. The number of benzene rings is 1. The molecular weight excluding hydrogens is 258 g/mol. The zero-order valence-electron chi connectivity index (χ0n) is 13.1. The largest absolute Gasteiger partial charge is 0.358 e. The van der Waals surface area contributed by atoms with Crippen LogP contribution in [0.25, 0.3) is 10.9 Å². The molecule has 1 aliphatic heterocycles. The number of nitrogens with one attached hydrogen (secondary N) is 2. The Bertz CT molecular complexity index is 635. The Hall–Kier alpha value is -1.58. The van der Waals surface area contributed by atoms with E-state index >= 15 is 0 Å². The van der Waals surface area contributed by atoms with E-state index in [0.29, 0.717) is 6.04 Å². The molecular formula is C18H25N3. The van der Waals surface area contributed by atoms with Crippen molar-refractivity contribution in [2.24, 2.45) is 0 Å². The lowest BCUT2D eigenvalue weighted by atomic mass is 9.95. The van der Waals surface area contributed by atoms with Gasteiger partial charge in [0.15, 0.2) is 0 Å². The highest BCUT2D eigenvalue weighted by molar-refractivity contribution is 5.85. The first-order chi connectivity index (χ1) is 10.2. The molecule has 3 heteroatoms. The third-order valence-corrected chi connectivity index (χ3v) is 4.41. The molecule has 0 saturated carbocycles. The Labute approximate surface area is 127 Å². The first-order valence-electron chi connectivity index (χ1n) is 7.83. The fraction of sp³-hybridized carbons (Fsp3) is 0.444. The Kier molecular flexibility index (Phi) is 4.13. The Morgan fingerprint density at radius 2 is 2.00 bits per heavy atom. The number of para-hydroxylation sites is 1. The summed E-state index contributed by atoms with van der Waals surface area (Å²) in [5.74, 6) is 0. The summed E-state index contributed by atoms with van der Waals surface area (Å²) in [6, 6.07) is 9.07. The lowest BCUT2D eigenvalue weighted by molar-refractivity contribution is 0.173. The number of rotatable bonds is 4. The lowest BCUT2D eigenvalue weighted by Crippen LogP contribution is -2.45. The van der Waals surface area contributed by atoms with Gasteiger partial charge in [-0.05, 0) is 31.9 Å². The third kappa shape index (κ3) is 2.89. The van der Waals surface area contributed by atoms with Gasteiger partial charge in [0.05, 0.1) is 0 Å². The molecule has 0 unspecified atom stereocenters. The van der Waals surface area contributed by atoms with Crippen LogP contribution in [0.1, 0.15) is 30.6 Å². The molecule has 1 aromatic heterocycles. The normalized spacial score (nSPS) is 18.0. The average molecular weight is 283 g/mol. The van der Waals surface area contributed by atoms with Crippen LogP contribution in [0.15, 0.2) is 36.4 Å². The van der Waals surface area contributed by atoms with Crippen LogP contribution in [0.5, 0.6) is 0 Å². The number of aromatic amines is 1. The highest BCUT2D eigenvalue weighted by atomic mass is 15.2. The number of aryl methyl sites for hydroxylation is 1. The highest BCUT2D eigenvalue weighted by Gasteiger charge is 2.26. The number of aromatic nitrogens is 1. The number of fused-ring (bicyclic) bond motifs is 1. The van der Waals surface area contributed by atoms with Gasteiger partial charge < -0.3 is 10.3 Å². The van der Waals surface area contributed by atoms with Gasteiger partial charge in [0.2, 0.25) is 0 Å². The van der Waals surface area contributed by atoms with Crippen LogP contribution in [0.2, 0.25) is 0 Å². The van der Waals surface area contributed by atoms with Gasteiger partial charge >= 0.3 is 0 Å². The second-order valence-electron chi connectivity index (χ2n) is 6.17. The van der Waals surface area contributed by atoms with E-state index in [9.17, 15) is 0 Å². The van der Waals surface area contributed by atoms with E-state index in [1.54, 1.807) is 0 Å². The summed E-state index contributed by atoms with van der Waals surface area (Å²) in [5.41, 5.74) is 5.24. The topological polar surface area (TPSA) is 31.1 Å². The molecule has 2 aromatic rings. The summed E-state index contributed by atoms with van der Waals surface area (Å²) in [4.78, 5) is 6.15. The lowest BCUT2D eigenvalue weighted by Gasteiger charge is -2.35. The third-order valence-electron chi connectivity index (χ3n) is 4.41. The van der Waals surface area contributed by atoms with Crippen LogP contribution in [0.4, 0.5) is 0 Å². The second-order valence-corrected chi connectivity index (χ2v) is 6.17. The molecule has 0 amide bonds. The van der Waals surface area contributed by atoms with Gasteiger partial charge in [0.1, 0.15) is 0 Å². The van der Waals surface area contributed by atoms with Gasteiger partial charge in [0, 0.05) is 48.8 Å². The van der Waals surface area contributed by atoms with Crippen molar-refractivity contribution in [1.29, 1.82) is 0 Å². The first-order valence-corrected chi connectivity index (χ1v) is 7.83. The first kappa shape index (κ1) is 14.4. The number of hydrogen-bond acceptors (Lipinski definition) is 2. The van der Waals surface area contributed by atoms with Crippen LogP contribution >= 0.6 is 0 Å². The van der Waals surface area contributed by atoms with Crippen LogP contribution in [0, 0.1) is 6.92 Å². The molecule has 0 radical (unpaired) electrons. The molecule has 0 bridgehead atoms. The number of piperazine rings is 1. The second kappa shape index (κ2) is 6.04. The zero-order valence-corrected chi connectivity index (χ0v) is 13.1. The molecule has 112 valence electrons. The Morgan fingerprint density at radius 3 is 2.71 bits per heavy atom. The predicted molar refractivity (Wildman–Crippen MR) is 89.7 cm³/mol. The van der Waals surface area contributed by atoms with Crippen molar-refractivity contribution in [2.45, 2.75) is 26.3 Å². The fourth-order valence-electron chi connectivity index (χ4n) is 3.47. The van der Waals surface area contributed by atoms with Gasteiger partial charge in [-0.3, -0.25) is 4.90 Å². The standard InChI is InChI=1S/C18H25N3/c1-13(2)12-17(21-10-8-19-9-11-21)18-14(3)20-16-7-5-4-6-15(16)18/h4-7,17,19-20H,1,8-12H2,2-3H3/t17-/m1/s1. The molecule has 3 nitrogen and oxygen atoms in total. The maximum atomic E-state index is 4.16. The average Bonchev–Trinajstić information content (AvgIpc) is 2.81. The van der Waals surface area contributed by atoms with Crippen molar-refractivity contribution in [3.63, 3.8) is 0 Å². The van der Waals surface area contributed by atoms with Gasteiger partial charge in [-0.1, -0.05) is 23.8 Å². The van der Waals surface area contributed by atoms with Crippen molar-refractivity contribution in [3.8, 4) is 0 Å². The van der Waals surface area contributed by atoms with Crippen LogP contribution < -0.4 is 5.32 Å². The molecule has 2 heterocycles. The van der Waals surface area contributed by atoms with Gasteiger partial charge in [-0.2, -0.15) is 0 Å². The summed E-state index contributed by atoms with van der Waals surface area (Å²) in [6.07, 6.45) is 1.03. The molecule has 1 saturated heterocycles. The Morgan fingerprint density at radius 1 is 1.29 bits per heavy atom. The summed E-state index contributed by atoms with van der Waals surface area (Å²) < 4.78 is 0. The van der Waals surface area contributed by atoms with E-state index < -0.39 is 0 Å². The molecule has 1 aliphatic rings. The highest BCUT2D eigenvalue weighted by Crippen LogP contribution is 2.35. The molecule has 2 N–H and O–H groups in total. The maximum absolute atomic E-state index is 4.16. The van der Waals surface area contributed by atoms with Gasteiger partial charge in [0.25, 0.3) is 0 Å². The fourth-order valence-corrected chi connectivity index (χ4v) is 3.47. The molecule has 1 atom stereocenters. The summed E-state index contributed by atoms with van der Waals surface area (Å²) in [6.45, 7) is 12.9. The maximum Gasteiger partial charge on any atom is 0.0459 e. The zero-order chi connectivity index (χ0) is 14.8. The molecule has 0 aliphatic carbocycles. The predicted octanol–water partition coefficient (Wildman–Crippen LogP) is 3.39. The quantitative estimate of drug-likeness (QED) is 0.843. The number of nitrogens with zero attached hydrogens (tertiary/aromatic N) is 1. The van der Waals surface area contributed by atoms with Crippen molar-refractivity contribution >= 4 is 10.9 Å². The molecule has 21 heavy (non-hydrogen) atoms. The van der Waals surface area contributed by atoms with Gasteiger partial charge in [-0.15, -0.1) is 6.58 Å². The van der Waals surface area contributed by atoms with Crippen molar-refractivity contribution in [3.05, 3.63) is 47.7 Å². The monoisotopic (exact) mass is 283 g/mol. The van der Waals surface area contributed by atoms with E-state index in [0.717, 1.165) is 32.6 Å². The van der Waals surface area contributed by atoms with E-state index in [2.05, 4.69) is 59.9 Å². The van der Waals surface area contributed by atoms with Crippen molar-refractivity contribution in [2.75, 3.05) is 26.2 Å². The van der Waals surface area contributed by atoms with E-state index in [1.165, 1.54) is 27.7 Å². The molecule has 1 aromatic carbocycles. The SMILES string of the molecule is C=C(C)C[C@H](c1c(C)[nH]c2ccccc12)N1CCNCC1. The summed E-state index contributed by atoms with van der Waals surface area (Å²) >= 11 is 0. The van der Waals surface area contributed by atoms with Crippen molar-refractivity contribution in [1.82, 2.24) is 15.2 Å². The number of hydrogen-bond donors (Lipinski definition) is 2. The van der Waals surface area contributed by atoms with E-state index in [-0.39, 0.29) is 0 Å². The molecule has 0 spiro atoms. The number of H-pyrrole nitrogens is 1.